The van der Waals surface area contributed by atoms with Crippen LogP contribution < -0.4 is 0 Å². The number of benzene rings is 1. The van der Waals surface area contributed by atoms with Crippen molar-refractivity contribution in [3.63, 3.8) is 0 Å². The van der Waals surface area contributed by atoms with Crippen molar-refractivity contribution in [3.05, 3.63) is 54.3 Å². The Bertz CT molecular complexity index is 631. The van der Waals surface area contributed by atoms with Crippen LogP contribution in [0.4, 0.5) is 0 Å². The first-order valence-electron chi connectivity index (χ1n) is 7.97. The highest BCUT2D eigenvalue weighted by Gasteiger charge is 2.51. The van der Waals surface area contributed by atoms with Crippen LogP contribution in [0.1, 0.15) is 25.3 Å². The van der Waals surface area contributed by atoms with Crippen molar-refractivity contribution in [2.24, 2.45) is 11.8 Å². The lowest BCUT2D eigenvalue weighted by molar-refractivity contribution is -0.123. The Hall–Kier alpha value is -2.07. The zero-order valence-electron chi connectivity index (χ0n) is 13.3. The molecule has 4 nitrogen and oxygen atoms in total. The lowest BCUT2D eigenvalue weighted by atomic mass is 9.71. The van der Waals surface area contributed by atoms with Crippen LogP contribution in [-0.4, -0.2) is 23.3 Å². The van der Waals surface area contributed by atoms with Crippen LogP contribution in [0, 0.1) is 11.8 Å². The molecule has 0 unspecified atom stereocenters. The number of aromatic hydroxyl groups is 1. The van der Waals surface area contributed by atoms with Crippen molar-refractivity contribution >= 4 is 5.78 Å². The smallest absolute Gasteiger partial charge is 0.189 e. The summed E-state index contributed by atoms with van der Waals surface area (Å²) in [6, 6.07) is 7.20. The molecule has 0 bridgehead atoms. The quantitative estimate of drug-likeness (QED) is 0.847. The number of ketones is 1. The van der Waals surface area contributed by atoms with Crippen molar-refractivity contribution in [2.75, 3.05) is 6.79 Å². The van der Waals surface area contributed by atoms with Gasteiger partial charge in [-0.05, 0) is 42.9 Å². The molecule has 1 aliphatic carbocycles. The Balaban J connectivity index is 1.85. The molecular weight excluding hydrogens is 292 g/mol. The summed E-state index contributed by atoms with van der Waals surface area (Å²) in [7, 11) is 0. The summed E-state index contributed by atoms with van der Waals surface area (Å²) in [4.78, 5) is 12.2. The molecule has 3 rings (SSSR count). The van der Waals surface area contributed by atoms with Crippen molar-refractivity contribution < 1.29 is 19.4 Å². The third-order valence-corrected chi connectivity index (χ3v) is 4.90. The third-order valence-electron chi connectivity index (χ3n) is 4.90. The number of hydrogen-bond donors (Lipinski definition) is 1. The van der Waals surface area contributed by atoms with E-state index in [1.54, 1.807) is 24.3 Å². The van der Waals surface area contributed by atoms with Gasteiger partial charge in [0.1, 0.15) is 17.1 Å². The number of carbonyl (C=O) groups is 1. The molecule has 1 aliphatic heterocycles. The zero-order chi connectivity index (χ0) is 16.4. The fraction of sp³-hybridized carbons (Fsp3) is 0.421. The van der Waals surface area contributed by atoms with Crippen LogP contribution in [0.25, 0.3) is 0 Å². The Kier molecular flexibility index (Phi) is 4.26. The first kappa shape index (κ1) is 15.8. The van der Waals surface area contributed by atoms with Crippen LogP contribution >= 0.6 is 0 Å². The van der Waals surface area contributed by atoms with E-state index in [9.17, 15) is 9.90 Å². The fourth-order valence-corrected chi connectivity index (χ4v) is 3.57. The SMILES string of the molecule is C=CC[C@H]1C[C@]2([C@@H](C)Cc3ccc(O)cc3)OCOC2=CC1=O. The van der Waals surface area contributed by atoms with Gasteiger partial charge in [0.2, 0.25) is 0 Å². The highest BCUT2D eigenvalue weighted by molar-refractivity contribution is 5.93. The zero-order valence-corrected chi connectivity index (χ0v) is 13.3. The standard InChI is InChI=1S/C19H22O4/c1-3-4-15-11-19(18(10-17(15)21)22-12-23-19)13(2)9-14-5-7-16(20)8-6-14/h3,5-8,10,13,15,20H,1,4,9,11-12H2,2H3/t13-,15-,19+/m0/s1. The number of phenolic OH excluding ortho intramolecular Hbond substituents is 1. The van der Waals surface area contributed by atoms with E-state index in [2.05, 4.69) is 13.5 Å². The first-order chi connectivity index (χ1) is 11.0. The van der Waals surface area contributed by atoms with Gasteiger partial charge in [-0.25, -0.2) is 0 Å². The van der Waals surface area contributed by atoms with Gasteiger partial charge in [-0.15, -0.1) is 6.58 Å². The van der Waals surface area contributed by atoms with E-state index < -0.39 is 5.60 Å². The van der Waals surface area contributed by atoms with E-state index >= 15 is 0 Å². The minimum atomic E-state index is -0.542. The molecule has 2 aliphatic rings. The van der Waals surface area contributed by atoms with Crippen LogP contribution in [0.3, 0.4) is 0 Å². The minimum Gasteiger partial charge on any atom is -0.508 e. The van der Waals surface area contributed by atoms with Gasteiger partial charge in [-0.1, -0.05) is 25.1 Å². The Morgan fingerprint density at radius 1 is 1.43 bits per heavy atom. The molecule has 0 radical (unpaired) electrons. The fourth-order valence-electron chi connectivity index (χ4n) is 3.57. The molecule has 3 atom stereocenters. The summed E-state index contributed by atoms with van der Waals surface area (Å²) in [5.41, 5.74) is 0.580. The molecule has 1 aromatic rings. The Morgan fingerprint density at radius 3 is 2.87 bits per heavy atom. The molecule has 1 aromatic carbocycles. The molecule has 0 amide bonds. The van der Waals surface area contributed by atoms with Gasteiger partial charge in [0, 0.05) is 12.0 Å². The van der Waals surface area contributed by atoms with Gasteiger partial charge < -0.3 is 14.6 Å². The van der Waals surface area contributed by atoms with Crippen molar-refractivity contribution in [1.29, 1.82) is 0 Å². The van der Waals surface area contributed by atoms with E-state index in [0.29, 0.717) is 18.6 Å². The minimum absolute atomic E-state index is 0.0952. The summed E-state index contributed by atoms with van der Waals surface area (Å²) in [5, 5.41) is 9.41. The van der Waals surface area contributed by atoms with E-state index in [1.807, 2.05) is 12.1 Å². The summed E-state index contributed by atoms with van der Waals surface area (Å²) in [5.74, 6) is 1.07. The Morgan fingerprint density at radius 2 is 2.17 bits per heavy atom. The summed E-state index contributed by atoms with van der Waals surface area (Å²) >= 11 is 0. The largest absolute Gasteiger partial charge is 0.508 e. The van der Waals surface area contributed by atoms with Crippen LogP contribution in [0.5, 0.6) is 5.75 Å². The van der Waals surface area contributed by atoms with Crippen molar-refractivity contribution in [3.8, 4) is 5.75 Å². The first-order valence-corrected chi connectivity index (χ1v) is 7.97. The number of fused-ring (bicyclic) bond motifs is 1. The van der Waals surface area contributed by atoms with Crippen molar-refractivity contribution in [1.82, 2.24) is 0 Å². The number of carbonyl (C=O) groups excluding carboxylic acids is 1. The molecule has 23 heavy (non-hydrogen) atoms. The highest BCUT2D eigenvalue weighted by Crippen LogP contribution is 2.46. The van der Waals surface area contributed by atoms with Crippen LogP contribution in [-0.2, 0) is 20.7 Å². The summed E-state index contributed by atoms with van der Waals surface area (Å²) in [6.45, 7) is 6.07. The topological polar surface area (TPSA) is 55.8 Å². The normalized spacial score (nSPS) is 27.8. The van der Waals surface area contributed by atoms with Gasteiger partial charge in [-0.3, -0.25) is 4.79 Å². The number of phenols is 1. The summed E-state index contributed by atoms with van der Waals surface area (Å²) < 4.78 is 11.6. The highest BCUT2D eigenvalue weighted by atomic mass is 16.7. The van der Waals surface area contributed by atoms with Crippen LogP contribution in [0.2, 0.25) is 0 Å². The molecule has 122 valence electrons. The van der Waals surface area contributed by atoms with Gasteiger partial charge in [0.15, 0.2) is 12.6 Å². The lowest BCUT2D eigenvalue weighted by Gasteiger charge is -2.38. The molecule has 0 aromatic heterocycles. The average molecular weight is 314 g/mol. The molecular formula is C19H22O4. The predicted molar refractivity (Wildman–Crippen MR) is 86.8 cm³/mol. The molecule has 1 N–H and O–H groups in total. The molecule has 0 saturated carbocycles. The number of allylic oxidation sites excluding steroid dienone is 2. The maximum atomic E-state index is 12.2. The molecule has 4 heteroatoms. The van der Waals surface area contributed by atoms with E-state index in [4.69, 9.17) is 9.47 Å². The molecule has 1 saturated heterocycles. The number of rotatable bonds is 5. The van der Waals surface area contributed by atoms with E-state index in [0.717, 1.165) is 12.0 Å². The second-order valence-electron chi connectivity index (χ2n) is 6.40. The molecule has 1 fully saturated rings. The monoisotopic (exact) mass is 314 g/mol. The van der Waals surface area contributed by atoms with Gasteiger partial charge in [0.25, 0.3) is 0 Å². The molecule has 0 spiro atoms. The van der Waals surface area contributed by atoms with Crippen molar-refractivity contribution in [2.45, 2.75) is 31.8 Å². The second-order valence-corrected chi connectivity index (χ2v) is 6.40. The van der Waals surface area contributed by atoms with Gasteiger partial charge in [-0.2, -0.15) is 0 Å². The number of hydrogen-bond acceptors (Lipinski definition) is 4. The van der Waals surface area contributed by atoms with Crippen LogP contribution in [0.15, 0.2) is 48.8 Å². The second kappa shape index (κ2) is 6.20. The number of ether oxygens (including phenoxy) is 2. The maximum absolute atomic E-state index is 12.2. The average Bonchev–Trinajstić information content (AvgIpc) is 2.94. The van der Waals surface area contributed by atoms with Gasteiger partial charge >= 0.3 is 0 Å². The van der Waals surface area contributed by atoms with E-state index in [1.165, 1.54) is 0 Å². The third kappa shape index (κ3) is 2.91. The van der Waals surface area contributed by atoms with Gasteiger partial charge in [0.05, 0.1) is 0 Å². The lowest BCUT2D eigenvalue weighted by Crippen LogP contribution is -2.44. The molecule has 1 heterocycles. The summed E-state index contributed by atoms with van der Waals surface area (Å²) in [6.07, 6.45) is 5.46. The maximum Gasteiger partial charge on any atom is 0.189 e. The predicted octanol–water partition coefficient (Wildman–Crippen LogP) is 3.36. The Labute approximate surface area is 136 Å². The van der Waals surface area contributed by atoms with E-state index in [-0.39, 0.29) is 30.2 Å².